The van der Waals surface area contributed by atoms with Crippen molar-refractivity contribution < 1.29 is 14.3 Å². The van der Waals surface area contributed by atoms with Crippen molar-refractivity contribution in [1.29, 1.82) is 0 Å². The van der Waals surface area contributed by atoms with Crippen molar-refractivity contribution in [1.82, 2.24) is 9.80 Å². The Bertz CT molecular complexity index is 635. The van der Waals surface area contributed by atoms with Gasteiger partial charge in [-0.25, -0.2) is 0 Å². The van der Waals surface area contributed by atoms with Crippen LogP contribution in [0.25, 0.3) is 0 Å². The lowest BCUT2D eigenvalue weighted by Crippen LogP contribution is -2.44. The molecule has 27 heavy (non-hydrogen) atoms. The monoisotopic (exact) mass is 373 g/mol. The zero-order valence-corrected chi connectivity index (χ0v) is 16.3. The molecule has 0 saturated carbocycles. The average molecular weight is 373 g/mol. The normalized spacial score (nSPS) is 18.9. The standard InChI is InChI=1S/C21H31N3O3/c1-27-19-8-4-3-7-18(19)22-20(25)11-16-23-14-9-17(10-15-23)21(26)24-12-5-2-6-13-24/h3-4,7-8,17H,2,5-6,9-16H2,1H3,(H,22,25). The Morgan fingerprint density at radius 2 is 1.78 bits per heavy atom. The number of nitrogens with zero attached hydrogens (tertiary/aromatic N) is 2. The van der Waals surface area contributed by atoms with Gasteiger partial charge in [-0.2, -0.15) is 0 Å². The summed E-state index contributed by atoms with van der Waals surface area (Å²) in [5.41, 5.74) is 0.704. The second-order valence-corrected chi connectivity index (χ2v) is 7.50. The van der Waals surface area contributed by atoms with Gasteiger partial charge in [0.1, 0.15) is 5.75 Å². The quantitative estimate of drug-likeness (QED) is 0.833. The van der Waals surface area contributed by atoms with E-state index >= 15 is 0 Å². The van der Waals surface area contributed by atoms with Crippen LogP contribution < -0.4 is 10.1 Å². The first kappa shape index (κ1) is 19.7. The summed E-state index contributed by atoms with van der Waals surface area (Å²) in [4.78, 5) is 29.2. The fourth-order valence-corrected chi connectivity index (χ4v) is 4.00. The smallest absolute Gasteiger partial charge is 0.225 e. The van der Waals surface area contributed by atoms with Crippen molar-refractivity contribution >= 4 is 17.5 Å². The fourth-order valence-electron chi connectivity index (χ4n) is 4.00. The Hall–Kier alpha value is -2.08. The summed E-state index contributed by atoms with van der Waals surface area (Å²) in [7, 11) is 1.60. The minimum Gasteiger partial charge on any atom is -0.495 e. The van der Waals surface area contributed by atoms with E-state index < -0.39 is 0 Å². The van der Waals surface area contributed by atoms with Crippen LogP contribution in [0.2, 0.25) is 0 Å². The maximum atomic E-state index is 12.6. The maximum Gasteiger partial charge on any atom is 0.225 e. The van der Waals surface area contributed by atoms with E-state index in [1.165, 1.54) is 6.42 Å². The van der Waals surface area contributed by atoms with Crippen LogP contribution in [0.4, 0.5) is 5.69 Å². The molecule has 0 aromatic heterocycles. The van der Waals surface area contributed by atoms with Crippen LogP contribution in [0.5, 0.6) is 5.75 Å². The zero-order chi connectivity index (χ0) is 19.1. The van der Waals surface area contributed by atoms with Gasteiger partial charge in [0.2, 0.25) is 11.8 Å². The summed E-state index contributed by atoms with van der Waals surface area (Å²) in [6.45, 7) is 4.38. The molecule has 0 spiro atoms. The van der Waals surface area contributed by atoms with Gasteiger partial charge in [-0.3, -0.25) is 9.59 Å². The average Bonchev–Trinajstić information content (AvgIpc) is 2.73. The number of likely N-dealkylation sites (tertiary alicyclic amines) is 2. The number of methoxy groups -OCH3 is 1. The predicted octanol–water partition coefficient (Wildman–Crippen LogP) is 2.75. The second kappa shape index (κ2) is 9.74. The molecule has 2 aliphatic rings. The second-order valence-electron chi connectivity index (χ2n) is 7.50. The third kappa shape index (κ3) is 5.45. The summed E-state index contributed by atoms with van der Waals surface area (Å²) in [6.07, 6.45) is 5.80. The van der Waals surface area contributed by atoms with Gasteiger partial charge in [0.25, 0.3) is 0 Å². The molecule has 1 aromatic rings. The molecule has 0 aliphatic carbocycles. The molecule has 6 nitrogen and oxygen atoms in total. The molecule has 2 aliphatic heterocycles. The molecule has 6 heteroatoms. The molecule has 2 saturated heterocycles. The van der Waals surface area contributed by atoms with E-state index in [0.717, 1.165) is 58.4 Å². The Balaban J connectivity index is 1.39. The van der Waals surface area contributed by atoms with Crippen LogP contribution in [0.15, 0.2) is 24.3 Å². The van der Waals surface area contributed by atoms with Gasteiger partial charge in [-0.1, -0.05) is 12.1 Å². The number of nitrogens with one attached hydrogen (secondary N) is 1. The molecule has 2 heterocycles. The van der Waals surface area contributed by atoms with Crippen LogP contribution in [0.1, 0.15) is 38.5 Å². The van der Waals surface area contributed by atoms with Crippen LogP contribution in [0, 0.1) is 5.92 Å². The zero-order valence-electron chi connectivity index (χ0n) is 16.3. The van der Waals surface area contributed by atoms with Gasteiger partial charge in [-0.05, 0) is 57.3 Å². The molecule has 1 aromatic carbocycles. The first-order valence-electron chi connectivity index (χ1n) is 10.1. The van der Waals surface area contributed by atoms with E-state index in [4.69, 9.17) is 4.74 Å². The van der Waals surface area contributed by atoms with Gasteiger partial charge in [0, 0.05) is 32.0 Å². The number of piperidine rings is 2. The molecule has 0 bridgehead atoms. The number of carbonyl (C=O) groups excluding carboxylic acids is 2. The summed E-state index contributed by atoms with van der Waals surface area (Å²) >= 11 is 0. The van der Waals surface area contributed by atoms with Gasteiger partial charge < -0.3 is 19.9 Å². The molecular weight excluding hydrogens is 342 g/mol. The summed E-state index contributed by atoms with van der Waals surface area (Å²) < 4.78 is 5.26. The van der Waals surface area contributed by atoms with Crippen molar-refractivity contribution in [2.45, 2.75) is 38.5 Å². The first-order chi connectivity index (χ1) is 13.2. The lowest BCUT2D eigenvalue weighted by Gasteiger charge is -2.35. The van der Waals surface area contributed by atoms with Crippen molar-refractivity contribution in [3.63, 3.8) is 0 Å². The molecule has 0 radical (unpaired) electrons. The lowest BCUT2D eigenvalue weighted by atomic mass is 9.94. The van der Waals surface area contributed by atoms with Crippen LogP contribution in [-0.4, -0.2) is 61.4 Å². The number of hydrogen-bond acceptors (Lipinski definition) is 4. The van der Waals surface area contributed by atoms with E-state index in [2.05, 4.69) is 15.1 Å². The van der Waals surface area contributed by atoms with E-state index in [1.54, 1.807) is 7.11 Å². The lowest BCUT2D eigenvalue weighted by molar-refractivity contribution is -0.138. The molecule has 0 atom stereocenters. The number of para-hydroxylation sites is 2. The molecule has 148 valence electrons. The van der Waals surface area contributed by atoms with Gasteiger partial charge >= 0.3 is 0 Å². The highest BCUT2D eigenvalue weighted by Gasteiger charge is 2.29. The highest BCUT2D eigenvalue weighted by Crippen LogP contribution is 2.24. The third-order valence-electron chi connectivity index (χ3n) is 5.64. The Labute approximate surface area is 161 Å². The highest BCUT2D eigenvalue weighted by atomic mass is 16.5. The molecule has 2 amide bonds. The number of hydrogen-bond donors (Lipinski definition) is 1. The van der Waals surface area contributed by atoms with Crippen molar-refractivity contribution in [2.75, 3.05) is 45.2 Å². The Morgan fingerprint density at radius 3 is 2.48 bits per heavy atom. The van der Waals surface area contributed by atoms with Crippen molar-refractivity contribution in [3.05, 3.63) is 24.3 Å². The minimum atomic E-state index is -0.00832. The number of carbonyl (C=O) groups is 2. The summed E-state index contributed by atoms with van der Waals surface area (Å²) in [5.74, 6) is 1.18. The number of ether oxygens (including phenoxy) is 1. The van der Waals surface area contributed by atoms with Gasteiger partial charge in [-0.15, -0.1) is 0 Å². The number of amides is 2. The van der Waals surface area contributed by atoms with Crippen LogP contribution >= 0.6 is 0 Å². The van der Waals surface area contributed by atoms with E-state index in [0.29, 0.717) is 23.8 Å². The van der Waals surface area contributed by atoms with E-state index in [-0.39, 0.29) is 11.8 Å². The van der Waals surface area contributed by atoms with Crippen LogP contribution in [0.3, 0.4) is 0 Å². The predicted molar refractivity (Wildman–Crippen MR) is 106 cm³/mol. The minimum absolute atomic E-state index is 0.00832. The first-order valence-corrected chi connectivity index (χ1v) is 10.1. The topological polar surface area (TPSA) is 61.9 Å². The SMILES string of the molecule is COc1ccccc1NC(=O)CCN1CCC(C(=O)N2CCCCC2)CC1. The molecule has 2 fully saturated rings. The molecule has 3 rings (SSSR count). The van der Waals surface area contributed by atoms with Crippen molar-refractivity contribution in [2.24, 2.45) is 5.92 Å². The number of anilines is 1. The summed E-state index contributed by atoms with van der Waals surface area (Å²) in [5, 5.41) is 2.92. The third-order valence-corrected chi connectivity index (χ3v) is 5.64. The summed E-state index contributed by atoms with van der Waals surface area (Å²) in [6, 6.07) is 7.43. The van der Waals surface area contributed by atoms with Gasteiger partial charge in [0.15, 0.2) is 0 Å². The largest absolute Gasteiger partial charge is 0.495 e. The molecule has 0 unspecified atom stereocenters. The Morgan fingerprint density at radius 1 is 1.07 bits per heavy atom. The maximum absolute atomic E-state index is 12.6. The number of benzene rings is 1. The van der Waals surface area contributed by atoms with Crippen LogP contribution in [-0.2, 0) is 9.59 Å². The number of rotatable bonds is 6. The Kier molecular flexibility index (Phi) is 7.10. The molecule has 1 N–H and O–H groups in total. The highest BCUT2D eigenvalue weighted by molar-refractivity contribution is 5.92. The fraction of sp³-hybridized carbons (Fsp3) is 0.619. The van der Waals surface area contributed by atoms with Crippen molar-refractivity contribution in [3.8, 4) is 5.75 Å². The van der Waals surface area contributed by atoms with E-state index in [9.17, 15) is 9.59 Å². The van der Waals surface area contributed by atoms with Gasteiger partial charge in [0.05, 0.1) is 12.8 Å². The molecular formula is C21H31N3O3. The van der Waals surface area contributed by atoms with E-state index in [1.807, 2.05) is 24.3 Å².